The van der Waals surface area contributed by atoms with Gasteiger partial charge in [-0.15, -0.1) is 0 Å². The zero-order chi connectivity index (χ0) is 15.2. The Labute approximate surface area is 120 Å². The van der Waals surface area contributed by atoms with Gasteiger partial charge in [0.1, 0.15) is 5.60 Å². The molecular formula is C15H23N3O2. The lowest BCUT2D eigenvalue weighted by Gasteiger charge is -2.35. The minimum Gasteiger partial charge on any atom is -0.444 e. The molecule has 2 heterocycles. The molecule has 2 rings (SSSR count). The molecule has 1 fully saturated rings. The molecule has 1 amide bonds. The first kappa shape index (κ1) is 16.1. The van der Waals surface area contributed by atoms with E-state index >= 15 is 0 Å². The van der Waals surface area contributed by atoms with Gasteiger partial charge in [-0.25, -0.2) is 14.8 Å². The maximum atomic E-state index is 11.7. The molecule has 1 aliphatic heterocycles. The van der Waals surface area contributed by atoms with E-state index in [4.69, 9.17) is 4.74 Å². The molecule has 20 heavy (non-hydrogen) atoms. The molecule has 110 valence electrons. The molecule has 0 aromatic carbocycles. The summed E-state index contributed by atoms with van der Waals surface area (Å²) in [6.45, 7) is 10.8. The van der Waals surface area contributed by atoms with Crippen molar-refractivity contribution >= 4 is 12.2 Å². The standard InChI is InChI=1S/C13H17N3O2.C2H6/c1-13(2,3)18-12(17)16-8-10(9-16)7-11-14-5-4-6-15-11;1-2/h4-7H,8-9H2,1-3H3;1-2H3. The molecule has 0 unspecified atom stereocenters. The number of rotatable bonds is 1. The minimum atomic E-state index is -0.445. The summed E-state index contributed by atoms with van der Waals surface area (Å²) < 4.78 is 5.27. The number of ether oxygens (including phenoxy) is 1. The van der Waals surface area contributed by atoms with Crippen molar-refractivity contribution in [3.8, 4) is 0 Å². The van der Waals surface area contributed by atoms with Crippen LogP contribution in [0, 0.1) is 0 Å². The van der Waals surface area contributed by atoms with Crippen LogP contribution in [-0.4, -0.2) is 39.7 Å². The van der Waals surface area contributed by atoms with E-state index in [2.05, 4.69) is 9.97 Å². The number of aromatic nitrogens is 2. The number of amides is 1. The summed E-state index contributed by atoms with van der Waals surface area (Å²) in [6, 6.07) is 1.77. The Bertz CT molecular complexity index is 456. The number of hydrogen-bond acceptors (Lipinski definition) is 4. The highest BCUT2D eigenvalue weighted by Crippen LogP contribution is 2.19. The van der Waals surface area contributed by atoms with E-state index in [-0.39, 0.29) is 6.09 Å². The van der Waals surface area contributed by atoms with Crippen LogP contribution in [0.3, 0.4) is 0 Å². The topological polar surface area (TPSA) is 55.3 Å². The SMILES string of the molecule is CC.CC(C)(C)OC(=O)N1CC(=Cc2ncccn2)C1. The van der Waals surface area contributed by atoms with Gasteiger partial charge in [0.15, 0.2) is 5.82 Å². The van der Waals surface area contributed by atoms with Crippen LogP contribution < -0.4 is 0 Å². The van der Waals surface area contributed by atoms with Gasteiger partial charge in [0, 0.05) is 25.5 Å². The zero-order valence-electron chi connectivity index (χ0n) is 12.9. The molecule has 1 aromatic heterocycles. The lowest BCUT2D eigenvalue weighted by Crippen LogP contribution is -2.46. The smallest absolute Gasteiger partial charge is 0.410 e. The monoisotopic (exact) mass is 277 g/mol. The van der Waals surface area contributed by atoms with Crippen LogP contribution in [0.4, 0.5) is 4.79 Å². The number of hydrogen-bond donors (Lipinski definition) is 0. The van der Waals surface area contributed by atoms with Crippen molar-refractivity contribution in [2.45, 2.75) is 40.2 Å². The second-order valence-electron chi connectivity index (χ2n) is 5.25. The highest BCUT2D eigenvalue weighted by Gasteiger charge is 2.29. The summed E-state index contributed by atoms with van der Waals surface area (Å²) in [4.78, 5) is 21.6. The maximum absolute atomic E-state index is 11.7. The highest BCUT2D eigenvalue weighted by atomic mass is 16.6. The first-order chi connectivity index (χ1) is 9.44. The summed E-state index contributed by atoms with van der Waals surface area (Å²) in [5.74, 6) is 0.677. The van der Waals surface area contributed by atoms with Gasteiger partial charge in [0.25, 0.3) is 0 Å². The molecule has 5 heteroatoms. The third-order valence-corrected chi connectivity index (χ3v) is 2.36. The molecule has 1 aromatic rings. The largest absolute Gasteiger partial charge is 0.444 e. The number of nitrogens with zero attached hydrogens (tertiary/aromatic N) is 3. The number of carbonyl (C=O) groups excluding carboxylic acids is 1. The van der Waals surface area contributed by atoms with Crippen molar-refractivity contribution < 1.29 is 9.53 Å². The average molecular weight is 277 g/mol. The Morgan fingerprint density at radius 1 is 1.25 bits per heavy atom. The predicted molar refractivity (Wildman–Crippen MR) is 79.2 cm³/mol. The fraction of sp³-hybridized carbons (Fsp3) is 0.533. The Morgan fingerprint density at radius 3 is 2.30 bits per heavy atom. The third-order valence-electron chi connectivity index (χ3n) is 2.36. The second kappa shape index (κ2) is 7.03. The average Bonchev–Trinajstić information content (AvgIpc) is 2.35. The van der Waals surface area contributed by atoms with Gasteiger partial charge < -0.3 is 9.64 Å². The van der Waals surface area contributed by atoms with Crippen molar-refractivity contribution in [3.05, 3.63) is 29.9 Å². The van der Waals surface area contributed by atoms with Crippen molar-refractivity contribution in [1.82, 2.24) is 14.9 Å². The van der Waals surface area contributed by atoms with Gasteiger partial charge >= 0.3 is 6.09 Å². The fourth-order valence-electron chi connectivity index (χ4n) is 1.56. The molecule has 0 saturated carbocycles. The Morgan fingerprint density at radius 2 is 1.80 bits per heavy atom. The summed E-state index contributed by atoms with van der Waals surface area (Å²) in [5.41, 5.74) is 0.686. The first-order valence-corrected chi connectivity index (χ1v) is 6.88. The zero-order valence-corrected chi connectivity index (χ0v) is 12.9. The number of likely N-dealkylation sites (tertiary alicyclic amines) is 1. The normalized spacial score (nSPS) is 13.8. The molecule has 0 aliphatic carbocycles. The van der Waals surface area contributed by atoms with E-state index in [0.29, 0.717) is 18.9 Å². The van der Waals surface area contributed by atoms with Gasteiger partial charge in [-0.3, -0.25) is 0 Å². The lowest BCUT2D eigenvalue weighted by molar-refractivity contribution is 0.0216. The van der Waals surface area contributed by atoms with Gasteiger partial charge in [-0.1, -0.05) is 13.8 Å². The van der Waals surface area contributed by atoms with Crippen LogP contribution >= 0.6 is 0 Å². The lowest BCUT2D eigenvalue weighted by atomic mass is 10.1. The molecule has 0 radical (unpaired) electrons. The van der Waals surface area contributed by atoms with Crippen LogP contribution in [-0.2, 0) is 4.74 Å². The van der Waals surface area contributed by atoms with Gasteiger partial charge in [-0.2, -0.15) is 0 Å². The summed E-state index contributed by atoms with van der Waals surface area (Å²) in [5, 5.41) is 0. The first-order valence-electron chi connectivity index (χ1n) is 6.88. The van der Waals surface area contributed by atoms with Gasteiger partial charge in [-0.05, 0) is 38.5 Å². The minimum absolute atomic E-state index is 0.270. The van der Waals surface area contributed by atoms with Crippen LogP contribution in [0.2, 0.25) is 0 Å². The van der Waals surface area contributed by atoms with E-state index in [1.54, 1.807) is 23.4 Å². The molecule has 1 aliphatic rings. The third kappa shape index (κ3) is 4.99. The van der Waals surface area contributed by atoms with Crippen molar-refractivity contribution in [3.63, 3.8) is 0 Å². The van der Waals surface area contributed by atoms with E-state index in [1.807, 2.05) is 40.7 Å². The molecule has 0 atom stereocenters. The van der Waals surface area contributed by atoms with Gasteiger partial charge in [0.05, 0.1) is 0 Å². The molecule has 0 N–H and O–H groups in total. The van der Waals surface area contributed by atoms with E-state index in [0.717, 1.165) is 5.57 Å². The summed E-state index contributed by atoms with van der Waals surface area (Å²) in [6.07, 6.45) is 5.03. The van der Waals surface area contributed by atoms with Gasteiger partial charge in [0.2, 0.25) is 0 Å². The van der Waals surface area contributed by atoms with Crippen molar-refractivity contribution in [2.24, 2.45) is 0 Å². The molecule has 0 bridgehead atoms. The quantitative estimate of drug-likeness (QED) is 0.791. The van der Waals surface area contributed by atoms with Crippen LogP contribution in [0.15, 0.2) is 24.0 Å². The maximum Gasteiger partial charge on any atom is 0.410 e. The number of carbonyl (C=O) groups is 1. The highest BCUT2D eigenvalue weighted by molar-refractivity contribution is 5.72. The van der Waals surface area contributed by atoms with E-state index < -0.39 is 5.60 Å². The second-order valence-corrected chi connectivity index (χ2v) is 5.25. The predicted octanol–water partition coefficient (Wildman–Crippen LogP) is 3.14. The van der Waals surface area contributed by atoms with Crippen LogP contribution in [0.25, 0.3) is 6.08 Å². The van der Waals surface area contributed by atoms with Crippen LogP contribution in [0.5, 0.6) is 0 Å². The van der Waals surface area contributed by atoms with Crippen LogP contribution in [0.1, 0.15) is 40.4 Å². The summed E-state index contributed by atoms with van der Waals surface area (Å²) in [7, 11) is 0. The fourth-order valence-corrected chi connectivity index (χ4v) is 1.56. The van der Waals surface area contributed by atoms with Crippen molar-refractivity contribution in [2.75, 3.05) is 13.1 Å². The molecular weight excluding hydrogens is 254 g/mol. The Balaban J connectivity index is 0.000000956. The van der Waals surface area contributed by atoms with Crippen molar-refractivity contribution in [1.29, 1.82) is 0 Å². The summed E-state index contributed by atoms with van der Waals surface area (Å²) >= 11 is 0. The van der Waals surface area contributed by atoms with E-state index in [1.165, 1.54) is 0 Å². The molecule has 1 saturated heterocycles. The Hall–Kier alpha value is -1.91. The Kier molecular flexibility index (Phi) is 5.67. The molecule has 5 nitrogen and oxygen atoms in total. The van der Waals surface area contributed by atoms with E-state index in [9.17, 15) is 4.79 Å². The molecule has 0 spiro atoms.